The number of halogens is 1. The minimum absolute atomic E-state index is 0.190. The summed E-state index contributed by atoms with van der Waals surface area (Å²) in [5, 5.41) is 3.53. The van der Waals surface area contributed by atoms with Crippen LogP contribution in [0.25, 0.3) is 0 Å². The maximum absolute atomic E-state index is 13.0. The zero-order valence-electron chi connectivity index (χ0n) is 14.2. The van der Waals surface area contributed by atoms with Gasteiger partial charge in [-0.2, -0.15) is 0 Å². The lowest BCUT2D eigenvalue weighted by Crippen LogP contribution is -2.34. The summed E-state index contributed by atoms with van der Waals surface area (Å²) in [6, 6.07) is 15.4. The lowest BCUT2D eigenvalue weighted by Gasteiger charge is -2.28. The molecular weight excluding hydrogens is 303 g/mol. The van der Waals surface area contributed by atoms with Gasteiger partial charge in [-0.05, 0) is 61.3 Å². The minimum Gasteiger partial charge on any atom is -0.497 e. The van der Waals surface area contributed by atoms with Gasteiger partial charge in [0.25, 0.3) is 0 Å². The molecule has 0 amide bonds. The number of benzene rings is 2. The largest absolute Gasteiger partial charge is 0.497 e. The van der Waals surface area contributed by atoms with Crippen molar-refractivity contribution in [3.05, 3.63) is 65.5 Å². The zero-order chi connectivity index (χ0) is 16.8. The quantitative estimate of drug-likeness (QED) is 0.837. The second-order valence-corrected chi connectivity index (χ2v) is 6.29. The van der Waals surface area contributed by atoms with Gasteiger partial charge < -0.3 is 10.1 Å². The van der Waals surface area contributed by atoms with Crippen molar-refractivity contribution in [3.63, 3.8) is 0 Å². The lowest BCUT2D eigenvalue weighted by atomic mass is 10.0. The minimum atomic E-state index is -0.190. The van der Waals surface area contributed by atoms with Crippen LogP contribution in [0.1, 0.15) is 30.0 Å². The highest BCUT2D eigenvalue weighted by atomic mass is 19.1. The number of hydrogen-bond acceptors (Lipinski definition) is 3. The Morgan fingerprint density at radius 1 is 1.12 bits per heavy atom. The molecule has 1 aliphatic heterocycles. The second kappa shape index (κ2) is 8.27. The molecule has 1 N–H and O–H groups in total. The van der Waals surface area contributed by atoms with Gasteiger partial charge in [-0.15, -0.1) is 0 Å². The Hall–Kier alpha value is -1.91. The summed E-state index contributed by atoms with van der Waals surface area (Å²) in [5.74, 6) is 0.709. The van der Waals surface area contributed by atoms with Crippen molar-refractivity contribution in [1.82, 2.24) is 10.2 Å². The summed E-state index contributed by atoms with van der Waals surface area (Å²) in [4.78, 5) is 2.53. The standard InChI is InChI=1S/C20H25FN2O/c1-24-19-6-4-5-17(13-19)20(23-11-2-3-12-23)15-22-14-16-7-9-18(21)10-8-16/h4-10,13,20,22H,2-3,11-12,14-15H2,1H3/t20-/m0/s1. The molecule has 1 aliphatic rings. The first-order chi connectivity index (χ1) is 11.8. The van der Waals surface area contributed by atoms with E-state index < -0.39 is 0 Å². The van der Waals surface area contributed by atoms with Crippen LogP contribution in [0.15, 0.2) is 48.5 Å². The van der Waals surface area contributed by atoms with Crippen LogP contribution in [-0.4, -0.2) is 31.6 Å². The van der Waals surface area contributed by atoms with E-state index in [4.69, 9.17) is 4.74 Å². The fourth-order valence-electron chi connectivity index (χ4n) is 3.32. The molecule has 0 bridgehead atoms. The van der Waals surface area contributed by atoms with Gasteiger partial charge >= 0.3 is 0 Å². The average Bonchev–Trinajstić information content (AvgIpc) is 3.14. The van der Waals surface area contributed by atoms with Crippen molar-refractivity contribution in [2.75, 3.05) is 26.7 Å². The number of ether oxygens (including phenoxy) is 1. The Balaban J connectivity index is 1.66. The van der Waals surface area contributed by atoms with Crippen LogP contribution < -0.4 is 10.1 Å². The Kier molecular flexibility index (Phi) is 5.83. The van der Waals surface area contributed by atoms with Gasteiger partial charge in [-0.3, -0.25) is 4.90 Å². The maximum Gasteiger partial charge on any atom is 0.123 e. The number of hydrogen-bond donors (Lipinski definition) is 1. The molecule has 3 rings (SSSR count). The Morgan fingerprint density at radius 3 is 2.58 bits per heavy atom. The molecule has 0 aromatic heterocycles. The van der Waals surface area contributed by atoms with Crippen molar-refractivity contribution < 1.29 is 9.13 Å². The molecule has 2 aromatic carbocycles. The molecule has 0 radical (unpaired) electrons. The summed E-state index contributed by atoms with van der Waals surface area (Å²) in [6.45, 7) is 3.89. The molecule has 3 nitrogen and oxygen atoms in total. The van der Waals surface area contributed by atoms with Crippen molar-refractivity contribution in [2.45, 2.75) is 25.4 Å². The number of nitrogens with zero attached hydrogens (tertiary/aromatic N) is 1. The first kappa shape index (κ1) is 16.9. The number of methoxy groups -OCH3 is 1. The summed E-state index contributed by atoms with van der Waals surface area (Å²) in [6.07, 6.45) is 2.52. The summed E-state index contributed by atoms with van der Waals surface area (Å²) in [7, 11) is 1.71. The third-order valence-electron chi connectivity index (χ3n) is 4.64. The summed E-state index contributed by atoms with van der Waals surface area (Å²) in [5.41, 5.74) is 2.38. The number of likely N-dealkylation sites (tertiary alicyclic amines) is 1. The van der Waals surface area contributed by atoms with Crippen LogP contribution in [0.5, 0.6) is 5.75 Å². The van der Waals surface area contributed by atoms with E-state index in [1.165, 1.54) is 30.5 Å². The van der Waals surface area contributed by atoms with Crippen LogP contribution in [0, 0.1) is 5.82 Å². The molecule has 4 heteroatoms. The van der Waals surface area contributed by atoms with Gasteiger partial charge in [0.05, 0.1) is 7.11 Å². The predicted molar refractivity (Wildman–Crippen MR) is 94.6 cm³/mol. The molecule has 128 valence electrons. The molecule has 1 atom stereocenters. The van der Waals surface area contributed by atoms with Crippen LogP contribution in [-0.2, 0) is 6.54 Å². The van der Waals surface area contributed by atoms with Crippen LogP contribution in [0.3, 0.4) is 0 Å². The maximum atomic E-state index is 13.0. The molecule has 0 spiro atoms. The van der Waals surface area contributed by atoms with Gasteiger partial charge in [0, 0.05) is 19.1 Å². The first-order valence-electron chi connectivity index (χ1n) is 8.59. The predicted octanol–water partition coefficient (Wildman–Crippen LogP) is 3.76. The van der Waals surface area contributed by atoms with Crippen molar-refractivity contribution in [1.29, 1.82) is 0 Å². The fraction of sp³-hybridized carbons (Fsp3) is 0.400. The van der Waals surface area contributed by atoms with Crippen molar-refractivity contribution in [2.24, 2.45) is 0 Å². The molecule has 0 unspecified atom stereocenters. The third kappa shape index (κ3) is 4.34. The normalized spacial score (nSPS) is 16.2. The monoisotopic (exact) mass is 328 g/mol. The summed E-state index contributed by atoms with van der Waals surface area (Å²) < 4.78 is 18.4. The Bertz CT molecular complexity index is 638. The Morgan fingerprint density at radius 2 is 1.88 bits per heavy atom. The van der Waals surface area contributed by atoms with Crippen LogP contribution >= 0.6 is 0 Å². The highest BCUT2D eigenvalue weighted by Gasteiger charge is 2.23. The van der Waals surface area contributed by atoms with Gasteiger partial charge in [0.1, 0.15) is 11.6 Å². The topological polar surface area (TPSA) is 24.5 Å². The molecule has 0 aliphatic carbocycles. The van der Waals surface area contributed by atoms with E-state index in [1.54, 1.807) is 7.11 Å². The Labute approximate surface area is 143 Å². The number of rotatable bonds is 7. The fourth-order valence-corrected chi connectivity index (χ4v) is 3.32. The van der Waals surface area contributed by atoms with Crippen molar-refractivity contribution in [3.8, 4) is 5.75 Å². The highest BCUT2D eigenvalue weighted by Crippen LogP contribution is 2.27. The van der Waals surface area contributed by atoms with E-state index in [0.29, 0.717) is 6.04 Å². The van der Waals surface area contributed by atoms with Crippen LogP contribution in [0.2, 0.25) is 0 Å². The van der Waals surface area contributed by atoms with Gasteiger partial charge in [-0.1, -0.05) is 24.3 Å². The molecule has 1 fully saturated rings. The highest BCUT2D eigenvalue weighted by molar-refractivity contribution is 5.31. The SMILES string of the molecule is COc1cccc([C@H](CNCc2ccc(F)cc2)N2CCCC2)c1. The molecule has 1 heterocycles. The molecule has 1 saturated heterocycles. The molecule has 0 saturated carbocycles. The van der Waals surface area contributed by atoms with Gasteiger partial charge in [0.2, 0.25) is 0 Å². The molecule has 2 aromatic rings. The van der Waals surface area contributed by atoms with Crippen LogP contribution in [0.4, 0.5) is 4.39 Å². The van der Waals surface area contributed by atoms with E-state index >= 15 is 0 Å². The van der Waals surface area contributed by atoms with E-state index in [2.05, 4.69) is 28.4 Å². The first-order valence-corrected chi connectivity index (χ1v) is 8.59. The molecule has 24 heavy (non-hydrogen) atoms. The van der Waals surface area contributed by atoms with Gasteiger partial charge in [0.15, 0.2) is 0 Å². The number of nitrogens with one attached hydrogen (secondary N) is 1. The second-order valence-electron chi connectivity index (χ2n) is 6.29. The van der Waals surface area contributed by atoms with E-state index in [9.17, 15) is 4.39 Å². The zero-order valence-corrected chi connectivity index (χ0v) is 14.2. The van der Waals surface area contributed by atoms with Gasteiger partial charge in [-0.25, -0.2) is 4.39 Å². The average molecular weight is 328 g/mol. The van der Waals surface area contributed by atoms with E-state index in [0.717, 1.165) is 37.5 Å². The van der Waals surface area contributed by atoms with E-state index in [1.807, 2.05) is 18.2 Å². The third-order valence-corrected chi connectivity index (χ3v) is 4.64. The van der Waals surface area contributed by atoms with E-state index in [-0.39, 0.29) is 5.82 Å². The molecular formula is C20H25FN2O. The van der Waals surface area contributed by atoms with Crippen molar-refractivity contribution >= 4 is 0 Å². The summed E-state index contributed by atoms with van der Waals surface area (Å²) >= 11 is 0. The lowest BCUT2D eigenvalue weighted by molar-refractivity contribution is 0.238. The smallest absolute Gasteiger partial charge is 0.123 e.